The van der Waals surface area contributed by atoms with E-state index in [9.17, 15) is 4.79 Å². The zero-order chi connectivity index (χ0) is 16.8. The molecule has 0 radical (unpaired) electrons. The van der Waals surface area contributed by atoms with Crippen molar-refractivity contribution in [2.75, 3.05) is 26.8 Å². The standard InChI is InChI=1S/C18H24N4O2/c1-21(18(23)11-16-14-24-10-8-19-16)13-17-20-7-9-22(17)12-15-5-3-2-4-6-15/h2-7,9,16,19H,8,10-14H2,1H3/t16-/m1/s1. The van der Waals surface area contributed by atoms with Gasteiger partial charge in [0.2, 0.25) is 5.91 Å². The van der Waals surface area contributed by atoms with E-state index in [1.165, 1.54) is 5.56 Å². The molecule has 0 aliphatic carbocycles. The van der Waals surface area contributed by atoms with Gasteiger partial charge >= 0.3 is 0 Å². The molecule has 6 nitrogen and oxygen atoms in total. The molecule has 0 saturated carbocycles. The molecule has 1 aliphatic heterocycles. The van der Waals surface area contributed by atoms with E-state index in [1.807, 2.05) is 31.4 Å². The summed E-state index contributed by atoms with van der Waals surface area (Å²) >= 11 is 0. The van der Waals surface area contributed by atoms with Crippen LogP contribution in [-0.4, -0.2) is 53.2 Å². The van der Waals surface area contributed by atoms with Crippen LogP contribution in [-0.2, 0) is 22.6 Å². The van der Waals surface area contributed by atoms with Gasteiger partial charge in [-0.2, -0.15) is 0 Å². The first-order valence-corrected chi connectivity index (χ1v) is 8.31. The van der Waals surface area contributed by atoms with Crippen LogP contribution < -0.4 is 5.32 Å². The van der Waals surface area contributed by atoms with Crippen LogP contribution in [0.4, 0.5) is 0 Å². The highest BCUT2D eigenvalue weighted by atomic mass is 16.5. The summed E-state index contributed by atoms with van der Waals surface area (Å²) in [4.78, 5) is 18.5. The van der Waals surface area contributed by atoms with Crippen LogP contribution in [0.1, 0.15) is 17.8 Å². The molecule has 24 heavy (non-hydrogen) atoms. The van der Waals surface area contributed by atoms with Gasteiger partial charge in [-0.1, -0.05) is 30.3 Å². The molecule has 0 spiro atoms. The molecule has 1 aromatic carbocycles. The maximum Gasteiger partial charge on any atom is 0.224 e. The molecule has 0 unspecified atom stereocenters. The van der Waals surface area contributed by atoms with Crippen LogP contribution in [0, 0.1) is 0 Å². The minimum Gasteiger partial charge on any atom is -0.378 e. The van der Waals surface area contributed by atoms with Crippen LogP contribution in [0.15, 0.2) is 42.7 Å². The molecule has 1 N–H and O–H groups in total. The number of imidazole rings is 1. The van der Waals surface area contributed by atoms with E-state index in [-0.39, 0.29) is 11.9 Å². The Morgan fingerprint density at radius 3 is 3.00 bits per heavy atom. The van der Waals surface area contributed by atoms with Gasteiger partial charge in [0.05, 0.1) is 19.8 Å². The van der Waals surface area contributed by atoms with E-state index in [1.54, 1.807) is 11.1 Å². The van der Waals surface area contributed by atoms with Gasteiger partial charge in [0.25, 0.3) is 0 Å². The minimum atomic E-state index is 0.104. The molecule has 1 saturated heterocycles. The first kappa shape index (κ1) is 16.7. The van der Waals surface area contributed by atoms with Crippen molar-refractivity contribution in [1.82, 2.24) is 19.8 Å². The first-order chi connectivity index (χ1) is 11.7. The van der Waals surface area contributed by atoms with E-state index < -0.39 is 0 Å². The number of carbonyl (C=O) groups is 1. The Morgan fingerprint density at radius 2 is 2.25 bits per heavy atom. The third kappa shape index (κ3) is 4.43. The Kier molecular flexibility index (Phi) is 5.61. The van der Waals surface area contributed by atoms with Crippen molar-refractivity contribution in [3.63, 3.8) is 0 Å². The van der Waals surface area contributed by atoms with E-state index in [0.717, 1.165) is 25.5 Å². The molecular formula is C18H24N4O2. The fraction of sp³-hybridized carbons (Fsp3) is 0.444. The smallest absolute Gasteiger partial charge is 0.224 e. The van der Waals surface area contributed by atoms with Gasteiger partial charge in [0, 0.05) is 45.0 Å². The maximum atomic E-state index is 12.4. The van der Waals surface area contributed by atoms with Gasteiger partial charge in [-0.05, 0) is 5.56 Å². The third-order valence-corrected chi connectivity index (χ3v) is 4.22. The average Bonchev–Trinajstić information content (AvgIpc) is 3.03. The molecule has 2 aromatic rings. The summed E-state index contributed by atoms with van der Waals surface area (Å²) in [7, 11) is 1.83. The summed E-state index contributed by atoms with van der Waals surface area (Å²) in [5.41, 5.74) is 1.22. The van der Waals surface area contributed by atoms with Crippen molar-refractivity contribution in [1.29, 1.82) is 0 Å². The third-order valence-electron chi connectivity index (χ3n) is 4.22. The van der Waals surface area contributed by atoms with Crippen LogP contribution in [0.5, 0.6) is 0 Å². The Labute approximate surface area is 142 Å². The molecule has 1 fully saturated rings. The lowest BCUT2D eigenvalue weighted by molar-refractivity contribution is -0.131. The highest BCUT2D eigenvalue weighted by Gasteiger charge is 2.20. The van der Waals surface area contributed by atoms with Gasteiger partial charge in [-0.15, -0.1) is 0 Å². The van der Waals surface area contributed by atoms with Crippen molar-refractivity contribution < 1.29 is 9.53 Å². The topological polar surface area (TPSA) is 59.4 Å². The van der Waals surface area contributed by atoms with Gasteiger partial charge in [-0.3, -0.25) is 4.79 Å². The number of carbonyl (C=O) groups excluding carboxylic acids is 1. The number of hydrogen-bond donors (Lipinski definition) is 1. The van der Waals surface area contributed by atoms with Crippen molar-refractivity contribution >= 4 is 5.91 Å². The molecule has 3 rings (SSSR count). The fourth-order valence-corrected chi connectivity index (χ4v) is 2.83. The number of rotatable bonds is 6. The first-order valence-electron chi connectivity index (χ1n) is 8.31. The SMILES string of the molecule is CN(Cc1nccn1Cc1ccccc1)C(=O)C[C@@H]1COCCN1. The number of morpholine rings is 1. The quantitative estimate of drug-likeness (QED) is 0.867. The van der Waals surface area contributed by atoms with Gasteiger partial charge in [-0.25, -0.2) is 4.98 Å². The highest BCUT2D eigenvalue weighted by molar-refractivity contribution is 5.76. The number of benzene rings is 1. The lowest BCUT2D eigenvalue weighted by Crippen LogP contribution is -2.44. The molecule has 1 aromatic heterocycles. The predicted octanol–water partition coefficient (Wildman–Crippen LogP) is 1.27. The molecule has 1 aliphatic rings. The number of nitrogens with one attached hydrogen (secondary N) is 1. The monoisotopic (exact) mass is 328 g/mol. The number of aromatic nitrogens is 2. The molecule has 6 heteroatoms. The van der Waals surface area contributed by atoms with Gasteiger partial charge < -0.3 is 19.5 Å². The zero-order valence-electron chi connectivity index (χ0n) is 14.0. The summed E-state index contributed by atoms with van der Waals surface area (Å²) in [6, 6.07) is 10.4. The Morgan fingerprint density at radius 1 is 1.42 bits per heavy atom. The summed E-state index contributed by atoms with van der Waals surface area (Å²) in [5, 5.41) is 3.31. The number of amides is 1. The molecule has 1 atom stereocenters. The predicted molar refractivity (Wildman–Crippen MR) is 91.5 cm³/mol. The minimum absolute atomic E-state index is 0.104. The summed E-state index contributed by atoms with van der Waals surface area (Å²) in [6.45, 7) is 3.39. The molecule has 128 valence electrons. The molecule has 1 amide bonds. The average molecular weight is 328 g/mol. The summed E-state index contributed by atoms with van der Waals surface area (Å²) in [6.07, 6.45) is 4.19. The maximum absolute atomic E-state index is 12.4. The van der Waals surface area contributed by atoms with E-state index in [2.05, 4.69) is 27.0 Å². The fourth-order valence-electron chi connectivity index (χ4n) is 2.83. The van der Waals surface area contributed by atoms with Crippen molar-refractivity contribution in [3.05, 3.63) is 54.1 Å². The Balaban J connectivity index is 1.57. The van der Waals surface area contributed by atoms with E-state index >= 15 is 0 Å². The van der Waals surface area contributed by atoms with Crippen LogP contribution in [0.25, 0.3) is 0 Å². The normalized spacial score (nSPS) is 17.6. The van der Waals surface area contributed by atoms with Crippen LogP contribution >= 0.6 is 0 Å². The zero-order valence-corrected chi connectivity index (χ0v) is 14.0. The second-order valence-corrected chi connectivity index (χ2v) is 6.14. The van der Waals surface area contributed by atoms with E-state index in [4.69, 9.17) is 4.74 Å². The lowest BCUT2D eigenvalue weighted by Gasteiger charge is -2.25. The highest BCUT2D eigenvalue weighted by Crippen LogP contribution is 2.09. The number of hydrogen-bond acceptors (Lipinski definition) is 4. The number of ether oxygens (including phenoxy) is 1. The van der Waals surface area contributed by atoms with Crippen molar-refractivity contribution in [2.24, 2.45) is 0 Å². The summed E-state index contributed by atoms with van der Waals surface area (Å²) in [5.74, 6) is 0.995. The van der Waals surface area contributed by atoms with Gasteiger partial charge in [0.1, 0.15) is 5.82 Å². The van der Waals surface area contributed by atoms with Crippen LogP contribution in [0.3, 0.4) is 0 Å². The van der Waals surface area contributed by atoms with E-state index in [0.29, 0.717) is 19.6 Å². The molecular weight excluding hydrogens is 304 g/mol. The van der Waals surface area contributed by atoms with Gasteiger partial charge in [0.15, 0.2) is 0 Å². The second-order valence-electron chi connectivity index (χ2n) is 6.14. The van der Waals surface area contributed by atoms with Crippen molar-refractivity contribution in [2.45, 2.75) is 25.6 Å². The lowest BCUT2D eigenvalue weighted by atomic mass is 10.2. The number of nitrogens with zero attached hydrogens (tertiary/aromatic N) is 3. The Bertz CT molecular complexity index is 650. The van der Waals surface area contributed by atoms with Crippen LogP contribution in [0.2, 0.25) is 0 Å². The second kappa shape index (κ2) is 8.08. The van der Waals surface area contributed by atoms with Crippen molar-refractivity contribution in [3.8, 4) is 0 Å². The Hall–Kier alpha value is -2.18. The largest absolute Gasteiger partial charge is 0.378 e. The summed E-state index contributed by atoms with van der Waals surface area (Å²) < 4.78 is 7.49. The molecule has 0 bridgehead atoms. The molecule has 2 heterocycles.